The predicted molar refractivity (Wildman–Crippen MR) is 297 cm³/mol. The van der Waals surface area contributed by atoms with Crippen LogP contribution in [0.25, 0.3) is 28.2 Å². The van der Waals surface area contributed by atoms with Crippen LogP contribution >= 0.6 is 11.6 Å². The average molecular weight is 1150 g/mol. The first-order valence-electron chi connectivity index (χ1n) is 27.8. The van der Waals surface area contributed by atoms with E-state index in [1.165, 1.54) is 16.8 Å². The number of fused-ring (bicyclic) bond motifs is 2. The number of benzene rings is 4. The number of piperazine rings is 1. The van der Waals surface area contributed by atoms with Crippen molar-refractivity contribution in [2.45, 2.75) is 63.6 Å². The first kappa shape index (κ1) is 58.0. The van der Waals surface area contributed by atoms with Gasteiger partial charge in [-0.25, -0.2) is 4.98 Å². The lowest BCUT2D eigenvalue weighted by Crippen LogP contribution is -2.54. The number of amides is 5. The number of ether oxygens (including phenoxy) is 4. The van der Waals surface area contributed by atoms with Crippen molar-refractivity contribution in [3.8, 4) is 23.1 Å². The van der Waals surface area contributed by atoms with Gasteiger partial charge in [0.15, 0.2) is 0 Å². The highest BCUT2D eigenvalue weighted by Crippen LogP contribution is 2.37. The number of H-pyrrole nitrogens is 1. The number of aromatic hydroxyl groups is 1. The molecule has 23 heteroatoms. The maximum Gasteiger partial charge on any atom is 0.416 e. The van der Waals surface area contributed by atoms with Crippen LogP contribution in [0, 0.1) is 5.92 Å². The van der Waals surface area contributed by atoms with E-state index in [-0.39, 0.29) is 48.3 Å². The molecule has 434 valence electrons. The second-order valence-electron chi connectivity index (χ2n) is 21.0. The molecule has 3 saturated heterocycles. The number of nitrogens with zero attached hydrogens (tertiary/aromatic N) is 7. The van der Waals surface area contributed by atoms with Crippen molar-refractivity contribution in [2.24, 2.45) is 5.92 Å². The van der Waals surface area contributed by atoms with Crippen molar-refractivity contribution in [2.75, 3.05) is 104 Å². The molecule has 5 amide bonds. The van der Waals surface area contributed by atoms with E-state index in [4.69, 9.17) is 30.5 Å². The lowest BCUT2D eigenvalue weighted by molar-refractivity contribution is -0.138. The highest BCUT2D eigenvalue weighted by Gasteiger charge is 2.45. The third-order valence-electron chi connectivity index (χ3n) is 15.5. The largest absolute Gasteiger partial charge is 0.493 e. The van der Waals surface area contributed by atoms with Gasteiger partial charge in [-0.2, -0.15) is 23.0 Å². The molecule has 0 bridgehead atoms. The van der Waals surface area contributed by atoms with E-state index < -0.39 is 41.4 Å². The fourth-order valence-electron chi connectivity index (χ4n) is 10.9. The molecule has 1 unspecified atom stereocenters. The summed E-state index contributed by atoms with van der Waals surface area (Å²) in [6.45, 7) is 8.43. The molecule has 3 N–H and O–H groups in total. The Kier molecular flexibility index (Phi) is 18.6. The van der Waals surface area contributed by atoms with E-state index in [0.29, 0.717) is 111 Å². The minimum atomic E-state index is -4.49. The monoisotopic (exact) mass is 1150 g/mol. The van der Waals surface area contributed by atoms with Gasteiger partial charge in [0.1, 0.15) is 18.3 Å². The normalized spacial score (nSPS) is 17.4. The minimum absolute atomic E-state index is 0.0102. The molecule has 19 nitrogen and oxygen atoms in total. The van der Waals surface area contributed by atoms with Gasteiger partial charge in [0.05, 0.1) is 67.4 Å². The molecule has 4 aliphatic heterocycles. The van der Waals surface area contributed by atoms with Crippen LogP contribution in [0.4, 0.5) is 18.9 Å². The number of carbonyl (C=O) groups excluding carboxylic acids is 5. The molecule has 10 rings (SSSR count). The SMILES string of the molecule is O=C1CCC(N2C(=O)c3ccc(N4CCN(CC5CCN(C(=O)COCCOCCOCCOCCCc6ccc(CCc7c(-c8ccc(C(F)(F)F)cc8)nn(-c8nc9cc(Cl)ccc9[nH]8)c7O)cc6)CC5)CC4)cc3C2=O)C(=O)N1. The van der Waals surface area contributed by atoms with E-state index in [1.807, 2.05) is 23.1 Å². The number of aromatic amines is 1. The number of anilines is 1. The van der Waals surface area contributed by atoms with Crippen LogP contribution in [0.3, 0.4) is 0 Å². The molecule has 1 atom stereocenters. The van der Waals surface area contributed by atoms with E-state index in [0.717, 1.165) is 92.3 Å². The fourth-order valence-corrected chi connectivity index (χ4v) is 11.1. The zero-order valence-electron chi connectivity index (χ0n) is 45.3. The Morgan fingerprint density at radius 3 is 2.06 bits per heavy atom. The zero-order valence-corrected chi connectivity index (χ0v) is 46.0. The van der Waals surface area contributed by atoms with Crippen LogP contribution in [-0.4, -0.2) is 174 Å². The number of aryl methyl sites for hydroxylation is 2. The van der Waals surface area contributed by atoms with Gasteiger partial charge in [-0.05, 0) is 111 Å². The maximum absolute atomic E-state index is 13.4. The number of carbonyl (C=O) groups is 5. The van der Waals surface area contributed by atoms with Gasteiger partial charge in [0, 0.05) is 80.7 Å². The van der Waals surface area contributed by atoms with E-state index in [2.05, 4.69) is 42.3 Å². The first-order chi connectivity index (χ1) is 39.7. The second kappa shape index (κ2) is 26.4. The summed E-state index contributed by atoms with van der Waals surface area (Å²) in [5.41, 5.74) is 5.27. The summed E-state index contributed by atoms with van der Waals surface area (Å²) in [5.74, 6) is -1.53. The number of imidazole rings is 1. The Bertz CT molecular complexity index is 3250. The Morgan fingerprint density at radius 1 is 0.720 bits per heavy atom. The Labute approximate surface area is 476 Å². The molecular weight excluding hydrogens is 1090 g/mol. The van der Waals surface area contributed by atoms with Crippen molar-refractivity contribution in [1.82, 2.24) is 39.8 Å². The number of rotatable bonds is 24. The smallest absolute Gasteiger partial charge is 0.416 e. The number of nitrogens with one attached hydrogen (secondary N) is 2. The molecule has 3 fully saturated rings. The number of alkyl halides is 3. The van der Waals surface area contributed by atoms with Crippen molar-refractivity contribution in [3.63, 3.8) is 0 Å². The van der Waals surface area contributed by atoms with Gasteiger partial charge < -0.3 is 38.8 Å². The van der Waals surface area contributed by atoms with Gasteiger partial charge >= 0.3 is 6.18 Å². The summed E-state index contributed by atoms with van der Waals surface area (Å²) in [5, 5.41) is 18.8. The van der Waals surface area contributed by atoms with Crippen molar-refractivity contribution < 1.29 is 61.2 Å². The van der Waals surface area contributed by atoms with Gasteiger partial charge in [-0.3, -0.25) is 39.1 Å². The molecular formula is C59H65ClF3N9O10. The summed E-state index contributed by atoms with van der Waals surface area (Å²) >= 11 is 6.16. The summed E-state index contributed by atoms with van der Waals surface area (Å²) in [6.07, 6.45) is 0.0617. The van der Waals surface area contributed by atoms with Gasteiger partial charge in [0.2, 0.25) is 29.5 Å². The van der Waals surface area contributed by atoms with Crippen molar-refractivity contribution in [1.29, 1.82) is 0 Å². The fraction of sp³-hybridized carbons (Fsp3) is 0.441. The van der Waals surface area contributed by atoms with Crippen LogP contribution < -0.4 is 10.2 Å². The first-order valence-corrected chi connectivity index (χ1v) is 28.2. The quantitative estimate of drug-likeness (QED) is 0.0410. The summed E-state index contributed by atoms with van der Waals surface area (Å²) in [4.78, 5) is 78.6. The minimum Gasteiger partial charge on any atom is -0.493 e. The summed E-state index contributed by atoms with van der Waals surface area (Å²) in [7, 11) is 0. The van der Waals surface area contributed by atoms with Gasteiger partial charge in [-0.15, -0.1) is 0 Å². The van der Waals surface area contributed by atoms with E-state index in [1.54, 1.807) is 30.3 Å². The lowest BCUT2D eigenvalue weighted by Gasteiger charge is -2.39. The third-order valence-corrected chi connectivity index (χ3v) is 15.7. The van der Waals surface area contributed by atoms with Crippen LogP contribution in [0.5, 0.6) is 5.88 Å². The molecule has 82 heavy (non-hydrogen) atoms. The number of hydrogen-bond donors (Lipinski definition) is 3. The Morgan fingerprint density at radius 2 is 1.38 bits per heavy atom. The number of piperidine rings is 2. The number of likely N-dealkylation sites (tertiary alicyclic amines) is 1. The maximum atomic E-state index is 13.4. The topological polar surface area (TPSA) is 214 Å². The molecule has 0 saturated carbocycles. The number of halogens is 4. The molecule has 0 spiro atoms. The summed E-state index contributed by atoms with van der Waals surface area (Å²) in [6, 6.07) is 22.3. The Balaban J connectivity index is 0.548. The van der Waals surface area contributed by atoms with Crippen LogP contribution in [0.15, 0.2) is 84.9 Å². The zero-order chi connectivity index (χ0) is 57.3. The predicted octanol–water partition coefficient (Wildman–Crippen LogP) is 7.04. The average Bonchev–Trinajstić information content (AvgIpc) is 4.13. The highest BCUT2D eigenvalue weighted by atomic mass is 35.5. The van der Waals surface area contributed by atoms with E-state index >= 15 is 0 Å². The lowest BCUT2D eigenvalue weighted by atomic mass is 9.96. The molecule has 0 radical (unpaired) electrons. The molecule has 4 aromatic carbocycles. The van der Waals surface area contributed by atoms with Crippen LogP contribution in [0.2, 0.25) is 5.02 Å². The van der Waals surface area contributed by atoms with Crippen LogP contribution in [-0.2, 0) is 58.8 Å². The molecule has 6 heterocycles. The van der Waals surface area contributed by atoms with Crippen molar-refractivity contribution >= 4 is 57.9 Å². The number of aromatic nitrogens is 4. The van der Waals surface area contributed by atoms with Crippen LogP contribution in [0.1, 0.15) is 75.1 Å². The molecule has 0 aliphatic carbocycles. The molecule has 6 aromatic rings. The number of imide groups is 2. The van der Waals surface area contributed by atoms with E-state index in [9.17, 15) is 42.3 Å². The number of hydrogen-bond acceptors (Lipinski definition) is 14. The second-order valence-corrected chi connectivity index (χ2v) is 21.4. The van der Waals surface area contributed by atoms with Gasteiger partial charge in [-0.1, -0.05) is 48.0 Å². The highest BCUT2D eigenvalue weighted by molar-refractivity contribution is 6.31. The standard InChI is InChI=1S/C59H65ClF3N9O10/c60-43-12-16-48-49(34-43)65-58(64-48)72-57(78)46(53(67-72)41-8-10-42(11-9-41)59(61,62)63)14-7-39-5-3-38(4-6-39)2-1-27-79-28-29-80-30-31-81-32-33-82-37-52(74)70-21-19-40(20-22-70)36-68-23-25-69(26-24-68)44-13-15-45-47(35-44)56(77)71(55(45)76)50-17-18-51(73)66-54(50)75/h3-6,8-13,15-16,34-35,40,50,78H,1-2,7,14,17-33,36-37H2,(H,64,65)(H,66,73,75). The third kappa shape index (κ3) is 14.0. The van der Waals surface area contributed by atoms with Crippen molar-refractivity contribution in [3.05, 3.63) is 123 Å². The molecule has 4 aliphatic rings. The summed E-state index contributed by atoms with van der Waals surface area (Å²) < 4.78 is 64.1. The molecule has 2 aromatic heterocycles. The Hall–Kier alpha value is -7.21. The van der Waals surface area contributed by atoms with Gasteiger partial charge in [0.25, 0.3) is 11.8 Å².